The molecule has 6 atom stereocenters. The molecule has 3 aliphatic carbocycles. The molecular weight excluding hydrogens is 623 g/mol. The largest absolute Gasteiger partial charge is 0.505 e. The van der Waals surface area contributed by atoms with Gasteiger partial charge in [-0.05, 0) is 56.6 Å². The minimum atomic E-state index is -2.90. The van der Waals surface area contributed by atoms with Gasteiger partial charge in [-0.3, -0.25) is 39.0 Å². The van der Waals surface area contributed by atoms with Crippen molar-refractivity contribution in [2.24, 2.45) is 29.4 Å². The van der Waals surface area contributed by atoms with Crippen LogP contribution in [-0.4, -0.2) is 94.9 Å². The number of nitro groups is 1. The van der Waals surface area contributed by atoms with Crippen LogP contribution in [0.25, 0.3) is 0 Å². The van der Waals surface area contributed by atoms with Crippen molar-refractivity contribution in [1.29, 1.82) is 0 Å². The second-order valence-corrected chi connectivity index (χ2v) is 12.3. The van der Waals surface area contributed by atoms with E-state index in [0.717, 1.165) is 18.2 Å². The lowest BCUT2D eigenvalue weighted by Crippen LogP contribution is -2.74. The first kappa shape index (κ1) is 33.1. The molecular formula is C30H31FN6O10. The molecule has 6 N–H and O–H groups in total. The smallest absolute Gasteiger partial charge is 0.323 e. The lowest BCUT2D eigenvalue weighted by molar-refractivity contribution is -0.387. The molecule has 2 aromatic rings. The number of aliphatic hydroxyl groups is 1. The van der Waals surface area contributed by atoms with Crippen molar-refractivity contribution in [1.82, 2.24) is 4.90 Å². The van der Waals surface area contributed by atoms with Gasteiger partial charge in [-0.15, -0.1) is 0 Å². The summed E-state index contributed by atoms with van der Waals surface area (Å²) in [4.78, 5) is 93.0. The number of fused-ring (bicyclic) bond motifs is 3. The van der Waals surface area contributed by atoms with E-state index in [4.69, 9.17) is 5.73 Å². The van der Waals surface area contributed by atoms with E-state index >= 15 is 0 Å². The predicted molar refractivity (Wildman–Crippen MR) is 161 cm³/mol. The molecule has 3 amide bonds. The van der Waals surface area contributed by atoms with Crippen LogP contribution in [0.2, 0.25) is 0 Å². The van der Waals surface area contributed by atoms with Gasteiger partial charge in [-0.2, -0.15) is 4.39 Å². The second-order valence-electron chi connectivity index (χ2n) is 12.3. The lowest BCUT2D eigenvalue weighted by Gasteiger charge is -2.52. The van der Waals surface area contributed by atoms with E-state index in [2.05, 4.69) is 10.6 Å². The Morgan fingerprint density at radius 3 is 2.32 bits per heavy atom. The summed E-state index contributed by atoms with van der Waals surface area (Å²) >= 11 is 0. The van der Waals surface area contributed by atoms with Crippen molar-refractivity contribution >= 4 is 57.8 Å². The van der Waals surface area contributed by atoms with E-state index < -0.39 is 92.6 Å². The number of rotatable bonds is 6. The molecule has 248 valence electrons. The first-order chi connectivity index (χ1) is 21.9. The Hall–Kier alpha value is -5.29. The molecule has 0 radical (unpaired) electrons. The van der Waals surface area contributed by atoms with E-state index in [0.29, 0.717) is 11.3 Å². The average Bonchev–Trinajstić information content (AvgIpc) is 2.96. The van der Waals surface area contributed by atoms with Gasteiger partial charge < -0.3 is 31.5 Å². The van der Waals surface area contributed by atoms with Crippen LogP contribution in [0.1, 0.15) is 22.3 Å². The third kappa shape index (κ3) is 5.07. The summed E-state index contributed by atoms with van der Waals surface area (Å²) in [5, 5.41) is 38.7. The number of primary amides is 1. The topological polar surface area (TPSA) is 243 Å². The maximum absolute atomic E-state index is 14.1. The Balaban J connectivity index is 1.55. The molecule has 0 aliphatic heterocycles. The number of phenols is 1. The molecule has 16 nitrogen and oxygen atoms in total. The summed E-state index contributed by atoms with van der Waals surface area (Å²) in [7, 11) is 6.22. The molecule has 0 bridgehead atoms. The number of carbonyl (C=O) groups is 6. The molecule has 5 rings (SSSR count). The molecule has 2 saturated carbocycles. The van der Waals surface area contributed by atoms with Crippen LogP contribution < -0.4 is 21.3 Å². The maximum Gasteiger partial charge on any atom is 0.323 e. The van der Waals surface area contributed by atoms with E-state index in [1.165, 1.54) is 25.1 Å². The normalized spacial score (nSPS) is 26.7. The molecule has 17 heteroatoms. The van der Waals surface area contributed by atoms with E-state index in [1.54, 1.807) is 19.0 Å². The molecule has 0 aromatic heterocycles. The standard InChI is InChI=1S/C30H31FN6O10/c1-35(2)17-10-16(34-29(44)33-12-5-6-15(31)18(9-12)37(46)47)23(38)20-13(17)7-11-8-14-22(36(3)4)25(40)21(28(32)43)27(42)30(14,45)26(41)19(11)24(20)39/h5-6,9-11,14,19,21-22,38,45H,7-8H2,1-4H3,(H2,32,43)(H2,33,34,44)/t11-,14-,19?,21?,22-,30-/m1/s1. The number of nitro benzene ring substituents is 1. The minimum Gasteiger partial charge on any atom is -0.505 e. The lowest BCUT2D eigenvalue weighted by atomic mass is 9.52. The van der Waals surface area contributed by atoms with Crippen LogP contribution >= 0.6 is 0 Å². The first-order valence-corrected chi connectivity index (χ1v) is 14.3. The number of amides is 3. The summed E-state index contributed by atoms with van der Waals surface area (Å²) in [6.07, 6.45) is -0.137. The number of likely N-dealkylation sites (N-methyl/N-ethyl adjacent to an activating group) is 1. The molecule has 0 saturated heterocycles. The molecule has 47 heavy (non-hydrogen) atoms. The molecule has 3 aliphatic rings. The van der Waals surface area contributed by atoms with E-state index in [-0.39, 0.29) is 29.8 Å². The number of nitrogens with zero attached hydrogens (tertiary/aromatic N) is 3. The number of halogens is 1. The highest BCUT2D eigenvalue weighted by molar-refractivity contribution is 6.32. The fourth-order valence-electron chi connectivity index (χ4n) is 7.16. The van der Waals surface area contributed by atoms with Gasteiger partial charge in [0.05, 0.1) is 28.1 Å². The number of urea groups is 1. The number of anilines is 3. The molecule has 2 aromatic carbocycles. The zero-order valence-electron chi connectivity index (χ0n) is 25.6. The Morgan fingerprint density at radius 2 is 1.74 bits per heavy atom. The summed E-state index contributed by atoms with van der Waals surface area (Å²) < 4.78 is 13.7. The zero-order chi connectivity index (χ0) is 34.9. The van der Waals surface area contributed by atoms with Crippen molar-refractivity contribution in [3.8, 4) is 5.75 Å². The second kappa shape index (κ2) is 11.5. The van der Waals surface area contributed by atoms with Gasteiger partial charge in [0, 0.05) is 37.5 Å². The third-order valence-electron chi connectivity index (χ3n) is 9.17. The summed E-state index contributed by atoms with van der Waals surface area (Å²) in [6, 6.07) is 1.73. The number of benzene rings is 2. The minimum absolute atomic E-state index is 0.00136. The number of ketones is 4. The van der Waals surface area contributed by atoms with Crippen LogP contribution in [0.3, 0.4) is 0 Å². The summed E-state index contributed by atoms with van der Waals surface area (Å²) in [5.41, 5.74) is 1.42. The number of phenolic OH excluding ortho intramolecular Hbond substituents is 1. The van der Waals surface area contributed by atoms with Crippen molar-refractivity contribution in [2.45, 2.75) is 24.5 Å². The van der Waals surface area contributed by atoms with Gasteiger partial charge in [0.1, 0.15) is 5.75 Å². The molecule has 2 fully saturated rings. The molecule has 2 unspecified atom stereocenters. The van der Waals surface area contributed by atoms with Crippen LogP contribution in [0, 0.1) is 39.6 Å². The van der Waals surface area contributed by atoms with Crippen LogP contribution in [0.5, 0.6) is 5.75 Å². The number of hydrogen-bond donors (Lipinski definition) is 5. The fraction of sp³-hybridized carbons (Fsp3) is 0.400. The average molecular weight is 655 g/mol. The highest BCUT2D eigenvalue weighted by atomic mass is 19.1. The third-order valence-corrected chi connectivity index (χ3v) is 9.17. The first-order valence-electron chi connectivity index (χ1n) is 14.3. The van der Waals surface area contributed by atoms with Gasteiger partial charge in [0.15, 0.2) is 34.7 Å². The molecule has 0 spiro atoms. The summed E-state index contributed by atoms with van der Waals surface area (Å²) in [5.74, 6) is -13.5. The predicted octanol–water partition coefficient (Wildman–Crippen LogP) is 0.624. The van der Waals surface area contributed by atoms with E-state index in [1.807, 2.05) is 0 Å². The quantitative estimate of drug-likeness (QED) is 0.125. The van der Waals surface area contributed by atoms with Crippen molar-refractivity contribution in [3.05, 3.63) is 51.3 Å². The highest BCUT2D eigenvalue weighted by Crippen LogP contribution is 2.52. The Labute approximate surface area is 265 Å². The Kier molecular flexibility index (Phi) is 8.10. The van der Waals surface area contributed by atoms with E-state index in [9.17, 15) is 53.5 Å². The van der Waals surface area contributed by atoms with Crippen LogP contribution in [0.4, 0.5) is 31.9 Å². The number of carbonyl (C=O) groups excluding carboxylic acids is 6. The van der Waals surface area contributed by atoms with Crippen LogP contribution in [0.15, 0.2) is 24.3 Å². The SMILES string of the molecule is CN(C)c1cc(NC(=O)Nc2ccc(F)c([N+](=O)[O-])c2)c(O)c2c1C[C@@H]1C[C@@H]3[C@@H](N(C)C)C(=O)C(C(N)=O)C(=O)[C@]3(O)C(=O)C1C2=O. The zero-order valence-corrected chi connectivity index (χ0v) is 25.6. The Bertz CT molecular complexity index is 1790. The number of hydrogen-bond acceptors (Lipinski definition) is 12. The highest BCUT2D eigenvalue weighted by Gasteiger charge is 2.69. The fourth-order valence-corrected chi connectivity index (χ4v) is 7.16. The van der Waals surface area contributed by atoms with Gasteiger partial charge >= 0.3 is 11.7 Å². The molecule has 0 heterocycles. The number of Topliss-reactive ketones (excluding diaryl/α,β-unsaturated/α-hetero) is 4. The van der Waals surface area contributed by atoms with Crippen molar-refractivity contribution in [3.63, 3.8) is 0 Å². The van der Waals surface area contributed by atoms with Crippen LogP contribution in [-0.2, 0) is 25.6 Å². The number of nitrogens with two attached hydrogens (primary N) is 1. The van der Waals surface area contributed by atoms with Gasteiger partial charge in [-0.25, -0.2) is 4.79 Å². The monoisotopic (exact) mass is 654 g/mol. The van der Waals surface area contributed by atoms with Gasteiger partial charge in [-0.1, -0.05) is 0 Å². The van der Waals surface area contributed by atoms with Gasteiger partial charge in [0.25, 0.3) is 0 Å². The Morgan fingerprint density at radius 1 is 1.09 bits per heavy atom. The number of nitrogens with one attached hydrogen (secondary N) is 2. The number of aromatic hydroxyl groups is 1. The summed E-state index contributed by atoms with van der Waals surface area (Å²) in [6.45, 7) is 0. The maximum atomic E-state index is 14.1. The van der Waals surface area contributed by atoms with Gasteiger partial charge in [0.2, 0.25) is 11.7 Å². The van der Waals surface area contributed by atoms with Crippen molar-refractivity contribution in [2.75, 3.05) is 43.7 Å². The van der Waals surface area contributed by atoms with Crippen molar-refractivity contribution < 1.29 is 48.3 Å².